The molecule has 1 aliphatic rings. The molecule has 0 heterocycles. The van der Waals surface area contributed by atoms with Gasteiger partial charge in [-0.1, -0.05) is 20.8 Å². The molecule has 88 valence electrons. The molecule has 1 N–H and O–H groups in total. The predicted octanol–water partition coefficient (Wildman–Crippen LogP) is 2.91. The highest BCUT2D eigenvalue weighted by molar-refractivity contribution is 5.93. The first-order chi connectivity index (χ1) is 6.57. The molecule has 0 saturated heterocycles. The van der Waals surface area contributed by atoms with Gasteiger partial charge in [-0.15, -0.1) is 0 Å². The van der Waals surface area contributed by atoms with Gasteiger partial charge in [-0.25, -0.2) is 0 Å². The Hall–Kier alpha value is -0.370. The van der Waals surface area contributed by atoms with Crippen molar-refractivity contribution >= 4 is 5.78 Å². The van der Waals surface area contributed by atoms with Crippen LogP contribution in [0.5, 0.6) is 0 Å². The Morgan fingerprint density at radius 2 is 1.53 bits per heavy atom. The van der Waals surface area contributed by atoms with Gasteiger partial charge in [-0.3, -0.25) is 4.79 Å². The van der Waals surface area contributed by atoms with Gasteiger partial charge in [0.15, 0.2) is 5.78 Å². The summed E-state index contributed by atoms with van der Waals surface area (Å²) in [4.78, 5) is 12.4. The number of rotatable bonds is 2. The van der Waals surface area contributed by atoms with E-state index in [9.17, 15) is 4.79 Å². The number of carbonyl (C=O) groups excluding carboxylic acids is 1. The predicted molar refractivity (Wildman–Crippen MR) is 63.9 cm³/mol. The summed E-state index contributed by atoms with van der Waals surface area (Å²) >= 11 is 0. The zero-order chi connectivity index (χ0) is 11.9. The number of ketones is 1. The van der Waals surface area contributed by atoms with Gasteiger partial charge < -0.3 is 5.32 Å². The third kappa shape index (κ3) is 2.81. The number of nitrogens with one attached hydrogen (secondary N) is 1. The second-order valence-electron chi connectivity index (χ2n) is 6.89. The minimum atomic E-state index is -0.240. The average molecular weight is 211 g/mol. The fourth-order valence-corrected chi connectivity index (χ4v) is 2.37. The van der Waals surface area contributed by atoms with Gasteiger partial charge in [0.25, 0.3) is 0 Å². The van der Waals surface area contributed by atoms with Gasteiger partial charge in [0.05, 0.1) is 5.54 Å². The molecule has 2 heteroatoms. The monoisotopic (exact) mass is 211 g/mol. The van der Waals surface area contributed by atoms with Crippen molar-refractivity contribution < 1.29 is 4.79 Å². The molecule has 0 unspecified atom stereocenters. The topological polar surface area (TPSA) is 29.1 Å². The molecule has 0 aromatic rings. The lowest BCUT2D eigenvalue weighted by Crippen LogP contribution is -2.65. The van der Waals surface area contributed by atoms with Crippen molar-refractivity contribution in [1.29, 1.82) is 0 Å². The van der Waals surface area contributed by atoms with Gasteiger partial charge in [0.1, 0.15) is 0 Å². The molecular formula is C13H25NO. The first kappa shape index (κ1) is 12.7. The molecule has 0 radical (unpaired) electrons. The molecule has 1 rings (SSSR count). The minimum Gasteiger partial charge on any atom is -0.300 e. The van der Waals surface area contributed by atoms with Crippen molar-refractivity contribution in [2.24, 2.45) is 5.41 Å². The summed E-state index contributed by atoms with van der Waals surface area (Å²) in [5.41, 5.74) is -0.462. The molecule has 0 aromatic heterocycles. The molecule has 0 bridgehead atoms. The Bertz CT molecular complexity index is 251. The van der Waals surface area contributed by atoms with Gasteiger partial charge >= 0.3 is 0 Å². The molecule has 0 aliphatic heterocycles. The van der Waals surface area contributed by atoms with E-state index in [4.69, 9.17) is 0 Å². The quantitative estimate of drug-likeness (QED) is 0.761. The van der Waals surface area contributed by atoms with Crippen LogP contribution in [-0.2, 0) is 4.79 Å². The highest BCUT2D eigenvalue weighted by Crippen LogP contribution is 2.39. The van der Waals surface area contributed by atoms with Crippen LogP contribution >= 0.6 is 0 Å². The van der Waals surface area contributed by atoms with Crippen LogP contribution < -0.4 is 5.32 Å². The fourth-order valence-electron chi connectivity index (χ4n) is 2.37. The van der Waals surface area contributed by atoms with E-state index in [0.717, 1.165) is 12.8 Å². The van der Waals surface area contributed by atoms with Crippen molar-refractivity contribution in [3.8, 4) is 0 Å². The van der Waals surface area contributed by atoms with Gasteiger partial charge in [0.2, 0.25) is 0 Å². The van der Waals surface area contributed by atoms with Crippen LogP contribution in [0, 0.1) is 5.41 Å². The van der Waals surface area contributed by atoms with Gasteiger partial charge in [-0.05, 0) is 40.0 Å². The molecule has 1 aliphatic carbocycles. The van der Waals surface area contributed by atoms with Crippen LogP contribution in [0.4, 0.5) is 0 Å². The Balaban J connectivity index is 2.83. The van der Waals surface area contributed by atoms with E-state index in [-0.39, 0.29) is 16.5 Å². The largest absolute Gasteiger partial charge is 0.300 e. The van der Waals surface area contributed by atoms with Crippen LogP contribution in [0.25, 0.3) is 0 Å². The maximum atomic E-state index is 12.4. The van der Waals surface area contributed by atoms with E-state index in [2.05, 4.69) is 26.1 Å². The van der Waals surface area contributed by atoms with E-state index in [1.54, 1.807) is 0 Å². The Morgan fingerprint density at radius 3 is 1.73 bits per heavy atom. The van der Waals surface area contributed by atoms with Crippen LogP contribution in [0.15, 0.2) is 0 Å². The van der Waals surface area contributed by atoms with E-state index < -0.39 is 0 Å². The first-order valence-corrected chi connectivity index (χ1v) is 5.91. The second kappa shape index (κ2) is 3.58. The van der Waals surface area contributed by atoms with Crippen LogP contribution in [0.1, 0.15) is 60.8 Å². The van der Waals surface area contributed by atoms with E-state index in [1.807, 2.05) is 20.8 Å². The van der Waals surface area contributed by atoms with Gasteiger partial charge in [-0.2, -0.15) is 0 Å². The Morgan fingerprint density at radius 1 is 1.07 bits per heavy atom. The second-order valence-corrected chi connectivity index (χ2v) is 6.89. The number of carbonyl (C=O) groups is 1. The molecule has 0 amide bonds. The molecule has 0 aromatic carbocycles. The van der Waals surface area contributed by atoms with Crippen molar-refractivity contribution in [2.45, 2.75) is 71.9 Å². The summed E-state index contributed by atoms with van der Waals surface area (Å²) in [5.74, 6) is 0.371. The third-order valence-corrected chi connectivity index (χ3v) is 2.94. The lowest BCUT2D eigenvalue weighted by atomic mass is 9.66. The van der Waals surface area contributed by atoms with E-state index >= 15 is 0 Å². The Kier molecular flexibility index (Phi) is 3.03. The summed E-state index contributed by atoms with van der Waals surface area (Å²) in [5, 5.41) is 3.53. The highest BCUT2D eigenvalue weighted by atomic mass is 16.1. The number of hydrogen-bond donors (Lipinski definition) is 1. The van der Waals surface area contributed by atoms with Crippen molar-refractivity contribution in [1.82, 2.24) is 5.32 Å². The third-order valence-electron chi connectivity index (χ3n) is 2.94. The standard InChI is InChI=1S/C13H25NO/c1-11(2,3)10(15)13(8-7-9-13)14-12(4,5)6/h14H,7-9H2,1-6H3. The lowest BCUT2D eigenvalue weighted by molar-refractivity contribution is -0.137. The molecule has 0 atom stereocenters. The summed E-state index contributed by atoms with van der Waals surface area (Å²) in [6, 6.07) is 0. The maximum Gasteiger partial charge on any atom is 0.158 e. The molecule has 15 heavy (non-hydrogen) atoms. The SMILES string of the molecule is CC(C)(C)NC1(C(=O)C(C)(C)C)CCC1. The highest BCUT2D eigenvalue weighted by Gasteiger charge is 2.49. The average Bonchev–Trinajstić information content (AvgIpc) is 1.92. The minimum absolute atomic E-state index is 0.0152. The van der Waals surface area contributed by atoms with Crippen molar-refractivity contribution in [3.05, 3.63) is 0 Å². The van der Waals surface area contributed by atoms with Crippen molar-refractivity contribution in [3.63, 3.8) is 0 Å². The molecule has 0 spiro atoms. The summed E-state index contributed by atoms with van der Waals surface area (Å²) in [6.45, 7) is 12.4. The molecule has 2 nitrogen and oxygen atoms in total. The normalized spacial score (nSPS) is 20.9. The smallest absolute Gasteiger partial charge is 0.158 e. The molecular weight excluding hydrogens is 186 g/mol. The number of Topliss-reactive ketones (excluding diaryl/α,β-unsaturated/α-hetero) is 1. The molecule has 1 saturated carbocycles. The van der Waals surface area contributed by atoms with Crippen molar-refractivity contribution in [2.75, 3.05) is 0 Å². The summed E-state index contributed by atoms with van der Waals surface area (Å²) < 4.78 is 0. The summed E-state index contributed by atoms with van der Waals surface area (Å²) in [7, 11) is 0. The summed E-state index contributed by atoms with van der Waals surface area (Å²) in [6.07, 6.45) is 3.17. The lowest BCUT2D eigenvalue weighted by Gasteiger charge is -2.48. The molecule has 1 fully saturated rings. The maximum absolute atomic E-state index is 12.4. The zero-order valence-corrected chi connectivity index (χ0v) is 11.0. The fraction of sp³-hybridized carbons (Fsp3) is 0.923. The zero-order valence-electron chi connectivity index (χ0n) is 11.0. The Labute approximate surface area is 93.8 Å². The van der Waals surface area contributed by atoms with Gasteiger partial charge in [0, 0.05) is 11.0 Å². The van der Waals surface area contributed by atoms with Crippen LogP contribution in [0.3, 0.4) is 0 Å². The van der Waals surface area contributed by atoms with E-state index in [0.29, 0.717) is 5.78 Å². The van der Waals surface area contributed by atoms with Crippen LogP contribution in [-0.4, -0.2) is 16.9 Å². The van der Waals surface area contributed by atoms with E-state index in [1.165, 1.54) is 6.42 Å². The first-order valence-electron chi connectivity index (χ1n) is 5.91. The number of hydrogen-bond acceptors (Lipinski definition) is 2. The van der Waals surface area contributed by atoms with Crippen LogP contribution in [0.2, 0.25) is 0 Å².